The standard InChI is InChI=1S/C36H21FOS/c37-26-15-17-29-27-5-1-2-6-28(27)31-19-24(13-16-30(31)32(29)21-26)22-9-11-23(12-10-22)25-14-18-34-36(20-25)39-35-8-4-3-7-33(35)38-34/h1-21H. The molecule has 1 nitrogen and oxygen atoms in total. The molecule has 0 bridgehead atoms. The van der Waals surface area contributed by atoms with Crippen molar-refractivity contribution in [1.29, 1.82) is 0 Å². The van der Waals surface area contributed by atoms with E-state index in [9.17, 15) is 4.39 Å². The molecular weight excluding hydrogens is 499 g/mol. The molecule has 1 aliphatic rings. The minimum atomic E-state index is -0.213. The summed E-state index contributed by atoms with van der Waals surface area (Å²) in [5.74, 6) is 1.60. The van der Waals surface area contributed by atoms with Crippen LogP contribution < -0.4 is 4.74 Å². The van der Waals surface area contributed by atoms with Crippen molar-refractivity contribution in [1.82, 2.24) is 0 Å². The number of benzene rings is 7. The van der Waals surface area contributed by atoms with Crippen molar-refractivity contribution in [3.63, 3.8) is 0 Å². The van der Waals surface area contributed by atoms with Crippen LogP contribution in [-0.2, 0) is 0 Å². The molecule has 1 aliphatic heterocycles. The predicted octanol–water partition coefficient (Wildman–Crippen LogP) is 10.9. The number of hydrogen-bond acceptors (Lipinski definition) is 2. The minimum Gasteiger partial charge on any atom is -0.455 e. The van der Waals surface area contributed by atoms with Gasteiger partial charge in [-0.05, 0) is 97.0 Å². The fourth-order valence-corrected chi connectivity index (χ4v) is 6.66. The van der Waals surface area contributed by atoms with E-state index in [-0.39, 0.29) is 5.82 Å². The fourth-order valence-electron chi connectivity index (χ4n) is 5.67. The van der Waals surface area contributed by atoms with Crippen LogP contribution in [0.1, 0.15) is 0 Å². The summed E-state index contributed by atoms with van der Waals surface area (Å²) < 4.78 is 20.3. The van der Waals surface area contributed by atoms with Gasteiger partial charge < -0.3 is 4.74 Å². The Kier molecular flexibility index (Phi) is 5.01. The zero-order valence-corrected chi connectivity index (χ0v) is 21.6. The SMILES string of the molecule is Fc1ccc2c3ccccc3c3cc(-c4ccc(-c5ccc6c(c5)Sc5ccccc5O6)cc4)ccc3c2c1. The molecular formula is C36H21FOS. The third kappa shape index (κ3) is 3.70. The van der Waals surface area contributed by atoms with E-state index in [1.165, 1.54) is 5.39 Å². The summed E-state index contributed by atoms with van der Waals surface area (Å²) >= 11 is 1.75. The molecule has 7 aromatic carbocycles. The van der Waals surface area contributed by atoms with E-state index in [1.54, 1.807) is 23.9 Å². The maximum Gasteiger partial charge on any atom is 0.141 e. The first-order valence-electron chi connectivity index (χ1n) is 12.9. The third-order valence-electron chi connectivity index (χ3n) is 7.58. The smallest absolute Gasteiger partial charge is 0.141 e. The van der Waals surface area contributed by atoms with Crippen molar-refractivity contribution in [2.75, 3.05) is 0 Å². The minimum absolute atomic E-state index is 0.213. The fraction of sp³-hybridized carbons (Fsp3) is 0. The van der Waals surface area contributed by atoms with Gasteiger partial charge in [-0.25, -0.2) is 4.39 Å². The lowest BCUT2D eigenvalue weighted by Crippen LogP contribution is -1.94. The van der Waals surface area contributed by atoms with Crippen molar-refractivity contribution in [3.05, 3.63) is 133 Å². The molecule has 3 heteroatoms. The highest BCUT2D eigenvalue weighted by Crippen LogP contribution is 2.48. The Morgan fingerprint density at radius 3 is 1.77 bits per heavy atom. The maximum absolute atomic E-state index is 14.2. The van der Waals surface area contributed by atoms with Crippen LogP contribution in [0, 0.1) is 5.82 Å². The van der Waals surface area contributed by atoms with Crippen LogP contribution in [0.4, 0.5) is 4.39 Å². The summed E-state index contributed by atoms with van der Waals surface area (Å²) in [6.07, 6.45) is 0. The Morgan fingerprint density at radius 2 is 0.949 bits per heavy atom. The van der Waals surface area contributed by atoms with Gasteiger partial charge in [0.25, 0.3) is 0 Å². The normalized spacial score (nSPS) is 12.3. The van der Waals surface area contributed by atoms with Crippen LogP contribution in [0.2, 0.25) is 0 Å². The van der Waals surface area contributed by atoms with Gasteiger partial charge in [-0.15, -0.1) is 0 Å². The Hall–Kier alpha value is -4.60. The number of para-hydroxylation sites is 1. The van der Waals surface area contributed by atoms with E-state index >= 15 is 0 Å². The molecule has 0 N–H and O–H groups in total. The van der Waals surface area contributed by atoms with Crippen molar-refractivity contribution in [2.24, 2.45) is 0 Å². The van der Waals surface area contributed by atoms with Crippen molar-refractivity contribution < 1.29 is 9.13 Å². The maximum atomic E-state index is 14.2. The van der Waals surface area contributed by atoms with Crippen molar-refractivity contribution in [2.45, 2.75) is 9.79 Å². The lowest BCUT2D eigenvalue weighted by atomic mass is 9.91. The Balaban J connectivity index is 1.19. The highest BCUT2D eigenvalue weighted by atomic mass is 32.2. The Labute approximate surface area is 229 Å². The molecule has 0 spiro atoms. The second kappa shape index (κ2) is 8.72. The van der Waals surface area contributed by atoms with Gasteiger partial charge in [-0.2, -0.15) is 0 Å². The summed E-state index contributed by atoms with van der Waals surface area (Å²) in [6.45, 7) is 0. The molecule has 7 aromatic rings. The van der Waals surface area contributed by atoms with E-state index in [0.29, 0.717) is 0 Å². The largest absolute Gasteiger partial charge is 0.455 e. The number of halogens is 1. The van der Waals surface area contributed by atoms with E-state index < -0.39 is 0 Å². The summed E-state index contributed by atoms with van der Waals surface area (Å²) in [4.78, 5) is 2.26. The summed E-state index contributed by atoms with van der Waals surface area (Å²) in [7, 11) is 0. The molecule has 0 amide bonds. The van der Waals surface area contributed by atoms with Gasteiger partial charge >= 0.3 is 0 Å². The first kappa shape index (κ1) is 22.4. The number of rotatable bonds is 2. The van der Waals surface area contributed by atoms with Crippen LogP contribution in [0.15, 0.2) is 137 Å². The Bertz CT molecular complexity index is 2080. The first-order chi connectivity index (χ1) is 19.2. The molecule has 0 aromatic heterocycles. The van der Waals surface area contributed by atoms with Crippen molar-refractivity contribution >= 4 is 44.1 Å². The van der Waals surface area contributed by atoms with Crippen molar-refractivity contribution in [3.8, 4) is 33.8 Å². The van der Waals surface area contributed by atoms with E-state index in [1.807, 2.05) is 30.3 Å². The second-order valence-corrected chi connectivity index (χ2v) is 11.0. The van der Waals surface area contributed by atoms with Crippen LogP contribution in [0.3, 0.4) is 0 Å². The van der Waals surface area contributed by atoms with Crippen LogP contribution in [-0.4, -0.2) is 0 Å². The average molecular weight is 521 g/mol. The monoisotopic (exact) mass is 520 g/mol. The quantitative estimate of drug-likeness (QED) is 0.210. The van der Waals surface area contributed by atoms with Gasteiger partial charge in [0, 0.05) is 0 Å². The van der Waals surface area contributed by atoms with Gasteiger partial charge in [0.15, 0.2) is 0 Å². The number of ether oxygens (including phenoxy) is 1. The molecule has 1 heterocycles. The molecule has 8 rings (SSSR count). The van der Waals surface area contributed by atoms with Gasteiger partial charge in [-0.1, -0.05) is 96.7 Å². The predicted molar refractivity (Wildman–Crippen MR) is 160 cm³/mol. The highest BCUT2D eigenvalue weighted by molar-refractivity contribution is 7.99. The van der Waals surface area contributed by atoms with E-state index in [2.05, 4.69) is 84.9 Å². The van der Waals surface area contributed by atoms with Gasteiger partial charge in [0.05, 0.1) is 9.79 Å². The molecule has 0 saturated heterocycles. The third-order valence-corrected chi connectivity index (χ3v) is 8.68. The molecule has 0 aliphatic carbocycles. The lowest BCUT2D eigenvalue weighted by molar-refractivity contribution is 0.454. The molecule has 184 valence electrons. The zero-order valence-electron chi connectivity index (χ0n) is 20.8. The van der Waals surface area contributed by atoms with E-state index in [4.69, 9.17) is 4.74 Å². The van der Waals surface area contributed by atoms with E-state index in [0.717, 1.165) is 70.5 Å². The van der Waals surface area contributed by atoms with Crippen LogP contribution >= 0.6 is 11.8 Å². The Morgan fingerprint density at radius 1 is 0.410 bits per heavy atom. The summed E-state index contributed by atoms with van der Waals surface area (Å²) in [5, 5.41) is 6.55. The number of hydrogen-bond donors (Lipinski definition) is 0. The molecule has 0 fully saturated rings. The van der Waals surface area contributed by atoms with Gasteiger partial charge in [0.2, 0.25) is 0 Å². The first-order valence-corrected chi connectivity index (χ1v) is 13.8. The lowest BCUT2D eigenvalue weighted by Gasteiger charge is -2.20. The molecule has 39 heavy (non-hydrogen) atoms. The summed E-state index contributed by atoms with van der Waals surface area (Å²) in [5.41, 5.74) is 4.61. The van der Waals surface area contributed by atoms with Crippen LogP contribution in [0.5, 0.6) is 11.5 Å². The molecule has 0 atom stereocenters. The molecule has 0 unspecified atom stereocenters. The summed E-state index contributed by atoms with van der Waals surface area (Å²) in [6, 6.07) is 43.2. The number of fused-ring (bicyclic) bond motifs is 8. The molecule has 0 saturated carbocycles. The van der Waals surface area contributed by atoms with Crippen LogP contribution in [0.25, 0.3) is 54.6 Å². The second-order valence-electron chi connectivity index (χ2n) is 9.89. The topological polar surface area (TPSA) is 9.23 Å². The zero-order chi connectivity index (χ0) is 25.9. The average Bonchev–Trinajstić information content (AvgIpc) is 2.99. The molecule has 0 radical (unpaired) electrons. The van der Waals surface area contributed by atoms with Gasteiger partial charge in [-0.3, -0.25) is 0 Å². The van der Waals surface area contributed by atoms with Gasteiger partial charge in [0.1, 0.15) is 17.3 Å². The highest BCUT2D eigenvalue weighted by Gasteiger charge is 2.18.